The van der Waals surface area contributed by atoms with E-state index in [0.29, 0.717) is 18.3 Å². The number of unbranched alkanes of at least 4 members (excludes halogenated alkanes) is 8. The van der Waals surface area contributed by atoms with E-state index < -0.39 is 12.1 Å². The summed E-state index contributed by atoms with van der Waals surface area (Å²) in [6, 6.07) is 0. The molecule has 3 N–H and O–H groups in total. The van der Waals surface area contributed by atoms with Gasteiger partial charge in [-0.25, -0.2) is 0 Å². The molecule has 2 rings (SSSR count). The zero-order chi connectivity index (χ0) is 21.8. The zero-order valence-corrected chi connectivity index (χ0v) is 18.8. The van der Waals surface area contributed by atoms with Gasteiger partial charge in [0.2, 0.25) is 0 Å². The van der Waals surface area contributed by atoms with E-state index in [1.165, 1.54) is 44.1 Å². The lowest BCUT2D eigenvalue weighted by molar-refractivity contribution is -0.137. The second-order valence-electron chi connectivity index (χ2n) is 9.28. The Kier molecular flexibility index (Phi) is 11.6. The second kappa shape index (κ2) is 13.9. The summed E-state index contributed by atoms with van der Waals surface area (Å²) < 4.78 is 0. The van der Waals surface area contributed by atoms with E-state index in [-0.39, 0.29) is 18.4 Å². The predicted octanol–water partition coefficient (Wildman–Crippen LogP) is 5.47. The molecule has 0 bridgehead atoms. The lowest BCUT2D eigenvalue weighted by atomic mass is 9.57. The van der Waals surface area contributed by atoms with Crippen LogP contribution in [0.2, 0.25) is 0 Å². The summed E-state index contributed by atoms with van der Waals surface area (Å²) in [6.45, 7) is 2.24. The van der Waals surface area contributed by atoms with Gasteiger partial charge in [0.1, 0.15) is 6.10 Å². The van der Waals surface area contributed by atoms with Gasteiger partial charge >= 0.3 is 5.97 Å². The summed E-state index contributed by atoms with van der Waals surface area (Å²) in [4.78, 5) is 10.6. The monoisotopic (exact) mass is 418 g/mol. The first-order valence-electron chi connectivity index (χ1n) is 12.3. The quantitative estimate of drug-likeness (QED) is 0.210. The zero-order valence-electron chi connectivity index (χ0n) is 18.8. The van der Waals surface area contributed by atoms with Gasteiger partial charge in [0.15, 0.2) is 0 Å². The van der Waals surface area contributed by atoms with Crippen LogP contribution in [0.5, 0.6) is 0 Å². The van der Waals surface area contributed by atoms with Crippen LogP contribution in [0.15, 0.2) is 11.6 Å². The molecular weight excluding hydrogens is 376 g/mol. The summed E-state index contributed by atoms with van der Waals surface area (Å²) in [5.74, 6) is 6.36. The highest BCUT2D eigenvalue weighted by molar-refractivity contribution is 5.66. The Hall–Kier alpha value is -1.31. The number of carbonyl (C=O) groups is 1. The first kappa shape index (κ1) is 25.0. The van der Waals surface area contributed by atoms with E-state index in [1.807, 2.05) is 0 Å². The van der Waals surface area contributed by atoms with Gasteiger partial charge in [-0.3, -0.25) is 4.79 Å². The smallest absolute Gasteiger partial charge is 0.303 e. The molecule has 1 unspecified atom stereocenters. The van der Waals surface area contributed by atoms with Gasteiger partial charge in [-0.05, 0) is 56.8 Å². The van der Waals surface area contributed by atoms with Crippen LogP contribution in [0.1, 0.15) is 103 Å². The van der Waals surface area contributed by atoms with E-state index in [2.05, 4.69) is 24.8 Å². The molecule has 0 spiro atoms. The van der Waals surface area contributed by atoms with Crippen molar-refractivity contribution in [2.45, 2.75) is 115 Å². The third-order valence-electron chi connectivity index (χ3n) is 6.86. The minimum atomic E-state index is -0.735. The van der Waals surface area contributed by atoms with Gasteiger partial charge < -0.3 is 15.3 Å². The number of hydrogen-bond donors (Lipinski definition) is 3. The van der Waals surface area contributed by atoms with Crippen LogP contribution in [0.3, 0.4) is 0 Å². The first-order chi connectivity index (χ1) is 14.5. The number of rotatable bonds is 13. The van der Waals surface area contributed by atoms with Crippen molar-refractivity contribution in [1.29, 1.82) is 0 Å². The van der Waals surface area contributed by atoms with Gasteiger partial charge in [-0.15, -0.1) is 0 Å². The highest BCUT2D eigenvalue weighted by Gasteiger charge is 2.46. The molecule has 0 aromatic rings. The van der Waals surface area contributed by atoms with Crippen molar-refractivity contribution in [2.75, 3.05) is 0 Å². The standard InChI is InChI=1S/C26H42O4/c1-2-3-4-5-6-7-8-9-13-21(27)15-16-23-24-19-20(12-10-11-14-26(29)30)22(24)17-18-25(23)28/h12,21-25,27-28H,2-11,13-14,17-19H2,1H3,(H,29,30)/b20-12-/t21?,22-,23-,24+,25-/m1/s1. The van der Waals surface area contributed by atoms with E-state index in [1.54, 1.807) is 0 Å². The summed E-state index contributed by atoms with van der Waals surface area (Å²) in [5.41, 5.74) is 1.42. The Morgan fingerprint density at radius 3 is 2.50 bits per heavy atom. The summed E-state index contributed by atoms with van der Waals surface area (Å²) in [5, 5.41) is 29.4. The maximum atomic E-state index is 10.6. The lowest BCUT2D eigenvalue weighted by Gasteiger charge is -2.48. The van der Waals surface area contributed by atoms with Crippen LogP contribution < -0.4 is 0 Å². The molecule has 30 heavy (non-hydrogen) atoms. The maximum Gasteiger partial charge on any atom is 0.303 e. The van der Waals surface area contributed by atoms with Crippen LogP contribution in [-0.4, -0.2) is 33.5 Å². The van der Waals surface area contributed by atoms with Crippen molar-refractivity contribution in [3.8, 4) is 11.8 Å². The molecule has 0 heterocycles. The third kappa shape index (κ3) is 8.44. The van der Waals surface area contributed by atoms with Crippen LogP contribution in [-0.2, 0) is 4.79 Å². The van der Waals surface area contributed by atoms with Crippen molar-refractivity contribution >= 4 is 5.97 Å². The Labute approximate surface area is 183 Å². The highest BCUT2D eigenvalue weighted by atomic mass is 16.4. The first-order valence-corrected chi connectivity index (χ1v) is 12.3. The number of hydrogen-bond acceptors (Lipinski definition) is 3. The summed E-state index contributed by atoms with van der Waals surface area (Å²) in [6.07, 6.45) is 16.4. The lowest BCUT2D eigenvalue weighted by Crippen LogP contribution is -2.44. The van der Waals surface area contributed by atoms with Crippen molar-refractivity contribution in [3.63, 3.8) is 0 Å². The van der Waals surface area contributed by atoms with Crippen molar-refractivity contribution < 1.29 is 20.1 Å². The predicted molar refractivity (Wildman–Crippen MR) is 121 cm³/mol. The Bertz CT molecular complexity index is 600. The third-order valence-corrected chi connectivity index (χ3v) is 6.86. The largest absolute Gasteiger partial charge is 0.481 e. The summed E-state index contributed by atoms with van der Waals surface area (Å²) >= 11 is 0. The van der Waals surface area contributed by atoms with E-state index in [0.717, 1.165) is 44.9 Å². The maximum absolute atomic E-state index is 10.6. The number of carboxylic acid groups (broad SMARTS) is 1. The number of fused-ring (bicyclic) bond motifs is 1. The van der Waals surface area contributed by atoms with Gasteiger partial charge in [0.25, 0.3) is 0 Å². The SMILES string of the molecule is CCCCCCCCCCC(O)C#C[C@@H]1[C@H]2C/C(=C/CCCC(=O)O)[C@H]2CC[C@H]1O. The molecule has 0 aromatic heterocycles. The molecule has 2 aliphatic carbocycles. The molecule has 2 aliphatic rings. The summed E-state index contributed by atoms with van der Waals surface area (Å²) in [7, 11) is 0. The fourth-order valence-electron chi connectivity index (χ4n) is 4.99. The highest BCUT2D eigenvalue weighted by Crippen LogP contribution is 2.51. The van der Waals surface area contributed by atoms with Crippen LogP contribution in [0.25, 0.3) is 0 Å². The fraction of sp³-hybridized carbons (Fsp3) is 0.808. The van der Waals surface area contributed by atoms with Crippen molar-refractivity contribution in [2.24, 2.45) is 17.8 Å². The van der Waals surface area contributed by atoms with Gasteiger partial charge in [-0.2, -0.15) is 0 Å². The van der Waals surface area contributed by atoms with Crippen LogP contribution >= 0.6 is 0 Å². The van der Waals surface area contributed by atoms with E-state index >= 15 is 0 Å². The van der Waals surface area contributed by atoms with Crippen LogP contribution in [0, 0.1) is 29.6 Å². The number of aliphatic carboxylic acids is 1. The van der Waals surface area contributed by atoms with Gasteiger partial charge in [0.05, 0.1) is 12.0 Å². The number of aliphatic hydroxyl groups excluding tert-OH is 2. The van der Waals surface area contributed by atoms with E-state index in [9.17, 15) is 15.0 Å². The molecule has 2 saturated carbocycles. The molecule has 170 valence electrons. The van der Waals surface area contributed by atoms with Gasteiger partial charge in [0, 0.05) is 6.42 Å². The van der Waals surface area contributed by atoms with Crippen LogP contribution in [0.4, 0.5) is 0 Å². The number of carboxylic acids is 1. The van der Waals surface area contributed by atoms with E-state index in [4.69, 9.17) is 5.11 Å². The Morgan fingerprint density at radius 2 is 1.80 bits per heavy atom. The molecule has 0 aromatic carbocycles. The Morgan fingerprint density at radius 1 is 1.10 bits per heavy atom. The molecule has 0 saturated heterocycles. The molecule has 0 amide bonds. The topological polar surface area (TPSA) is 77.8 Å². The minimum Gasteiger partial charge on any atom is -0.481 e. The number of aliphatic hydroxyl groups is 2. The second-order valence-corrected chi connectivity index (χ2v) is 9.28. The molecule has 4 heteroatoms. The molecule has 5 atom stereocenters. The average Bonchev–Trinajstić information content (AvgIpc) is 2.69. The fourth-order valence-corrected chi connectivity index (χ4v) is 4.99. The molecular formula is C26H42O4. The molecule has 4 nitrogen and oxygen atoms in total. The van der Waals surface area contributed by atoms with Crippen molar-refractivity contribution in [3.05, 3.63) is 11.6 Å². The number of allylic oxidation sites excluding steroid dienone is 2. The van der Waals surface area contributed by atoms with Crippen molar-refractivity contribution in [1.82, 2.24) is 0 Å². The Balaban J connectivity index is 1.68. The molecule has 0 aliphatic heterocycles. The normalized spacial score (nSPS) is 27.6. The van der Waals surface area contributed by atoms with Gasteiger partial charge in [-0.1, -0.05) is 75.4 Å². The molecule has 2 fully saturated rings. The molecule has 0 radical (unpaired) electrons. The minimum absolute atomic E-state index is 0.0341. The average molecular weight is 419 g/mol.